The van der Waals surface area contributed by atoms with Gasteiger partial charge in [-0.3, -0.25) is 4.72 Å². The lowest BCUT2D eigenvalue weighted by molar-refractivity contribution is -0.137. The second-order valence-electron chi connectivity index (χ2n) is 7.17. The van der Waals surface area contributed by atoms with E-state index in [0.29, 0.717) is 28.9 Å². The molecule has 3 N–H and O–H groups in total. The molecule has 33 heavy (non-hydrogen) atoms. The molecule has 0 unspecified atom stereocenters. The smallest absolute Gasteiger partial charge is 0.421 e. The second-order valence-corrected chi connectivity index (χ2v) is 8.92. The lowest BCUT2D eigenvalue weighted by Gasteiger charge is -2.18. The van der Waals surface area contributed by atoms with Gasteiger partial charge in [0.2, 0.25) is 21.9 Å². The van der Waals surface area contributed by atoms with E-state index in [1.807, 2.05) is 0 Å². The first-order valence-corrected chi connectivity index (χ1v) is 11.3. The number of benzene rings is 1. The molecule has 3 rings (SSSR count). The summed E-state index contributed by atoms with van der Waals surface area (Å²) in [6.07, 6.45) is -1.65. The first kappa shape index (κ1) is 24.0. The average molecular weight is 482 g/mol. The van der Waals surface area contributed by atoms with Crippen molar-refractivity contribution in [2.45, 2.75) is 20.0 Å². The van der Waals surface area contributed by atoms with Crippen LogP contribution < -0.4 is 20.1 Å². The number of anilines is 5. The highest BCUT2D eigenvalue weighted by atomic mass is 32.2. The van der Waals surface area contributed by atoms with E-state index in [2.05, 4.69) is 30.3 Å². The predicted octanol–water partition coefficient (Wildman–Crippen LogP) is 4.37. The average Bonchev–Trinajstić information content (AvgIpc) is 2.70. The van der Waals surface area contributed by atoms with Gasteiger partial charge in [-0.25, -0.2) is 18.4 Å². The third-order valence-electron chi connectivity index (χ3n) is 4.35. The molecule has 176 valence electrons. The third-order valence-corrected chi connectivity index (χ3v) is 4.94. The molecular weight excluding hydrogens is 461 g/mol. The zero-order valence-corrected chi connectivity index (χ0v) is 18.9. The number of sulfonamides is 1. The summed E-state index contributed by atoms with van der Waals surface area (Å²) in [6.45, 7) is 3.46. The molecule has 0 aliphatic carbocycles. The van der Waals surface area contributed by atoms with Crippen molar-refractivity contribution < 1.29 is 26.3 Å². The molecule has 3 aromatic rings. The van der Waals surface area contributed by atoms with Crippen LogP contribution in [-0.2, 0) is 16.2 Å². The molecule has 2 heterocycles. The maximum Gasteiger partial charge on any atom is 0.421 e. The van der Waals surface area contributed by atoms with Gasteiger partial charge in [0, 0.05) is 18.5 Å². The Morgan fingerprint density at radius 1 is 0.970 bits per heavy atom. The molecule has 9 nitrogen and oxygen atoms in total. The number of nitrogens with one attached hydrogen (secondary N) is 3. The fourth-order valence-corrected chi connectivity index (χ4v) is 3.36. The van der Waals surface area contributed by atoms with Crippen molar-refractivity contribution >= 4 is 38.9 Å². The van der Waals surface area contributed by atoms with Gasteiger partial charge >= 0.3 is 6.18 Å². The number of rotatable bonds is 7. The first-order valence-electron chi connectivity index (χ1n) is 9.43. The summed E-state index contributed by atoms with van der Waals surface area (Å²) in [6, 6.07) is 6.12. The van der Waals surface area contributed by atoms with Crippen molar-refractivity contribution in [2.75, 3.05) is 28.7 Å². The lowest BCUT2D eigenvalue weighted by Crippen LogP contribution is -2.15. The van der Waals surface area contributed by atoms with E-state index in [0.717, 1.165) is 6.26 Å². The van der Waals surface area contributed by atoms with E-state index in [1.54, 1.807) is 26.0 Å². The van der Waals surface area contributed by atoms with Gasteiger partial charge in [0.05, 0.1) is 30.4 Å². The minimum Gasteiger partial charge on any atom is -0.481 e. The number of hydrogen-bond donors (Lipinski definition) is 3. The Hall–Kier alpha value is -3.61. The summed E-state index contributed by atoms with van der Waals surface area (Å²) in [5, 5.41) is 5.44. The fraction of sp³-hybridized carbons (Fsp3) is 0.250. The number of aromatic nitrogens is 3. The highest BCUT2D eigenvalue weighted by molar-refractivity contribution is 7.92. The summed E-state index contributed by atoms with van der Waals surface area (Å²) in [7, 11) is -2.25. The third kappa shape index (κ3) is 6.22. The van der Waals surface area contributed by atoms with Crippen molar-refractivity contribution in [1.29, 1.82) is 0 Å². The molecule has 0 atom stereocenters. The molecule has 0 bridgehead atoms. The topological polar surface area (TPSA) is 118 Å². The van der Waals surface area contributed by atoms with Gasteiger partial charge in [-0.2, -0.15) is 18.2 Å². The molecule has 2 aromatic heterocycles. The second kappa shape index (κ2) is 9.10. The maximum absolute atomic E-state index is 13.6. The molecule has 0 aliphatic rings. The van der Waals surface area contributed by atoms with Gasteiger partial charge < -0.3 is 15.4 Å². The van der Waals surface area contributed by atoms with E-state index in [1.165, 1.54) is 25.4 Å². The van der Waals surface area contributed by atoms with Crippen molar-refractivity contribution in [3.05, 3.63) is 53.3 Å². The number of aryl methyl sites for hydroxylation is 2. The summed E-state index contributed by atoms with van der Waals surface area (Å²) in [4.78, 5) is 11.8. The van der Waals surface area contributed by atoms with Crippen LogP contribution in [0.1, 0.15) is 16.7 Å². The Labute approximate surface area is 188 Å². The van der Waals surface area contributed by atoms with Crippen LogP contribution in [-0.4, -0.2) is 36.7 Å². The maximum atomic E-state index is 13.6. The monoisotopic (exact) mass is 482 g/mol. The van der Waals surface area contributed by atoms with Crippen LogP contribution in [0.15, 0.2) is 36.7 Å². The molecule has 0 spiro atoms. The van der Waals surface area contributed by atoms with Gasteiger partial charge in [-0.05, 0) is 37.1 Å². The van der Waals surface area contributed by atoms with Crippen molar-refractivity contribution in [3.8, 4) is 5.88 Å². The minimum absolute atomic E-state index is 0.0773. The normalized spacial score (nSPS) is 11.7. The van der Waals surface area contributed by atoms with Crippen LogP contribution in [0.25, 0.3) is 0 Å². The molecule has 1 aromatic carbocycles. The molecule has 0 saturated carbocycles. The van der Waals surface area contributed by atoms with Gasteiger partial charge in [0.1, 0.15) is 11.4 Å². The SMILES string of the molecule is COc1cc(Nc2ncc(C(F)(F)F)c(Nc3ccc(C)cc3NS(C)(=O)=O)n2)c(C)cn1. The number of pyridine rings is 1. The number of alkyl halides is 3. The molecule has 0 saturated heterocycles. The molecule has 0 fully saturated rings. The van der Waals surface area contributed by atoms with Crippen LogP contribution in [0, 0.1) is 13.8 Å². The van der Waals surface area contributed by atoms with Crippen LogP contribution >= 0.6 is 0 Å². The summed E-state index contributed by atoms with van der Waals surface area (Å²) in [5.41, 5.74) is 0.920. The van der Waals surface area contributed by atoms with E-state index < -0.39 is 27.6 Å². The van der Waals surface area contributed by atoms with E-state index >= 15 is 0 Å². The summed E-state index contributed by atoms with van der Waals surface area (Å²) in [5.74, 6) is -0.379. The van der Waals surface area contributed by atoms with E-state index in [9.17, 15) is 21.6 Å². The van der Waals surface area contributed by atoms with Gasteiger partial charge in [-0.1, -0.05) is 6.07 Å². The number of methoxy groups -OCH3 is 1. The summed E-state index contributed by atoms with van der Waals surface area (Å²) < 4.78 is 71.7. The quantitative estimate of drug-likeness (QED) is 0.454. The predicted molar refractivity (Wildman–Crippen MR) is 119 cm³/mol. The standard InChI is InChI=1S/C20H21F3N6O3S/c1-11-5-6-14(16(7-11)29-33(4,30)31)26-18-13(20(21,22)23)10-25-19(28-18)27-15-8-17(32-3)24-9-12(15)2/h5-10,29H,1-4H3,(H2,24,25,26,27,28). The molecular formula is C20H21F3N6O3S. The molecule has 0 radical (unpaired) electrons. The highest BCUT2D eigenvalue weighted by Gasteiger charge is 2.35. The van der Waals surface area contributed by atoms with Crippen LogP contribution in [0.5, 0.6) is 5.88 Å². The molecule has 13 heteroatoms. The van der Waals surface area contributed by atoms with Crippen LogP contribution in [0.3, 0.4) is 0 Å². The minimum atomic E-state index is -4.76. The van der Waals surface area contributed by atoms with E-state index in [4.69, 9.17) is 4.74 Å². The van der Waals surface area contributed by atoms with Crippen molar-refractivity contribution in [2.24, 2.45) is 0 Å². The molecule has 0 aliphatic heterocycles. The lowest BCUT2D eigenvalue weighted by atomic mass is 10.2. The largest absolute Gasteiger partial charge is 0.481 e. The van der Waals surface area contributed by atoms with Crippen molar-refractivity contribution in [3.63, 3.8) is 0 Å². The zero-order chi connectivity index (χ0) is 24.4. The summed E-state index contributed by atoms with van der Waals surface area (Å²) >= 11 is 0. The van der Waals surface area contributed by atoms with Crippen LogP contribution in [0.2, 0.25) is 0 Å². The highest BCUT2D eigenvalue weighted by Crippen LogP contribution is 2.37. The molecule has 0 amide bonds. The van der Waals surface area contributed by atoms with E-state index in [-0.39, 0.29) is 17.3 Å². The number of ether oxygens (including phenoxy) is 1. The Morgan fingerprint density at radius 2 is 1.70 bits per heavy atom. The Balaban J connectivity index is 2.04. The van der Waals surface area contributed by atoms with Gasteiger partial charge in [0.25, 0.3) is 0 Å². The van der Waals surface area contributed by atoms with Crippen LogP contribution in [0.4, 0.5) is 42.0 Å². The number of nitrogens with zero attached hydrogens (tertiary/aromatic N) is 3. The van der Waals surface area contributed by atoms with Gasteiger partial charge in [-0.15, -0.1) is 0 Å². The Morgan fingerprint density at radius 3 is 2.33 bits per heavy atom. The Bertz CT molecular complexity index is 1280. The number of halogens is 3. The fourth-order valence-electron chi connectivity index (χ4n) is 2.79. The van der Waals surface area contributed by atoms with Gasteiger partial charge in [0.15, 0.2) is 0 Å². The van der Waals surface area contributed by atoms with Crippen molar-refractivity contribution in [1.82, 2.24) is 15.0 Å². The zero-order valence-electron chi connectivity index (χ0n) is 18.1. The first-order chi connectivity index (χ1) is 15.4. The number of hydrogen-bond acceptors (Lipinski definition) is 8. The Kier molecular flexibility index (Phi) is 6.63.